The Morgan fingerprint density at radius 1 is 1.17 bits per heavy atom. The van der Waals surface area contributed by atoms with Gasteiger partial charge in [-0.3, -0.25) is 0 Å². The number of pyridine rings is 1. The van der Waals surface area contributed by atoms with E-state index in [2.05, 4.69) is 0 Å². The lowest BCUT2D eigenvalue weighted by atomic mass is 10.2. The lowest BCUT2D eigenvalue weighted by Gasteiger charge is -1.99. The molecule has 60 valence electrons. The number of hydrogen-bond donors (Lipinski definition) is 0. The smallest absolute Gasteiger partial charge is 0.378 e. The minimum absolute atomic E-state index is 0.225. The van der Waals surface area contributed by atoms with E-state index < -0.39 is 5.95 Å². The van der Waals surface area contributed by atoms with Gasteiger partial charge in [0.05, 0.1) is 5.39 Å². The second-order valence-corrected chi connectivity index (χ2v) is 2.52. The Hall–Kier alpha value is -1.64. The molecule has 0 bridgehead atoms. The maximum Gasteiger partial charge on any atom is 0.378 e. The van der Waals surface area contributed by atoms with Crippen molar-refractivity contribution < 1.29 is 9.12 Å². The fourth-order valence-electron chi connectivity index (χ4n) is 1.16. The first-order valence-corrected chi connectivity index (χ1v) is 3.55. The van der Waals surface area contributed by atoms with E-state index >= 15 is 0 Å². The van der Waals surface area contributed by atoms with Gasteiger partial charge in [-0.1, -0.05) is 18.2 Å². The summed E-state index contributed by atoms with van der Waals surface area (Å²) in [6.45, 7) is 0. The zero-order valence-electron chi connectivity index (χ0n) is 6.20. The molecule has 2 nitrogen and oxygen atoms in total. The number of benzene rings is 1. The fraction of sp³-hybridized carbons (Fsp3) is 0. The van der Waals surface area contributed by atoms with E-state index in [1.807, 2.05) is 0 Å². The van der Waals surface area contributed by atoms with Crippen molar-refractivity contribution in [1.29, 1.82) is 0 Å². The van der Waals surface area contributed by atoms with Gasteiger partial charge in [-0.25, -0.2) is 0 Å². The Morgan fingerprint density at radius 2 is 1.92 bits per heavy atom. The summed E-state index contributed by atoms with van der Waals surface area (Å²) in [5.74, 6) is -0.742. The number of nitrogens with zero attached hydrogens (tertiary/aromatic N) is 1. The summed E-state index contributed by atoms with van der Waals surface area (Å²) >= 11 is 0. The summed E-state index contributed by atoms with van der Waals surface area (Å²) in [5.41, 5.74) is 0. The topological polar surface area (TPSA) is 26.9 Å². The van der Waals surface area contributed by atoms with Gasteiger partial charge in [0, 0.05) is 6.07 Å². The average Bonchev–Trinajstić information content (AvgIpc) is 2.12. The maximum atomic E-state index is 13.0. The summed E-state index contributed by atoms with van der Waals surface area (Å²) in [7, 11) is 0. The normalized spacial score (nSPS) is 10.4. The molecular weight excluding hydrogens is 157 g/mol. The predicted molar refractivity (Wildman–Crippen MR) is 42.9 cm³/mol. The van der Waals surface area contributed by atoms with Crippen molar-refractivity contribution in [3.05, 3.63) is 47.7 Å². The highest BCUT2D eigenvalue weighted by Gasteiger charge is 2.07. The van der Waals surface area contributed by atoms with Crippen LogP contribution < -0.4 is 4.73 Å². The Balaban J connectivity index is 2.91. The molecule has 0 aliphatic rings. The standard InChI is InChI=1S/C9H6FNO/c10-9-8-4-2-1-3-7(8)5-6-11(9)12/h1-6H. The molecule has 1 aromatic carbocycles. The van der Waals surface area contributed by atoms with Crippen LogP contribution in [0.3, 0.4) is 0 Å². The second kappa shape index (κ2) is 2.44. The Labute approximate surface area is 68.5 Å². The molecule has 0 amide bonds. The third kappa shape index (κ3) is 0.906. The van der Waals surface area contributed by atoms with Gasteiger partial charge in [0.1, 0.15) is 0 Å². The molecule has 2 rings (SSSR count). The summed E-state index contributed by atoms with van der Waals surface area (Å²) in [6.07, 6.45) is 1.16. The van der Waals surface area contributed by atoms with Crippen LogP contribution in [-0.2, 0) is 0 Å². The highest BCUT2D eigenvalue weighted by Crippen LogP contribution is 2.12. The SMILES string of the molecule is [O-][n+]1ccc2ccccc2c1F. The average molecular weight is 163 g/mol. The third-order valence-electron chi connectivity index (χ3n) is 1.77. The van der Waals surface area contributed by atoms with Crippen LogP contribution in [0, 0.1) is 11.2 Å². The first kappa shape index (κ1) is 7.03. The summed E-state index contributed by atoms with van der Waals surface area (Å²) in [4.78, 5) is 0. The number of fused-ring (bicyclic) bond motifs is 1. The van der Waals surface area contributed by atoms with Gasteiger partial charge < -0.3 is 5.21 Å². The summed E-state index contributed by atoms with van der Waals surface area (Å²) in [6, 6.07) is 8.44. The molecule has 0 atom stereocenters. The van der Waals surface area contributed by atoms with Gasteiger partial charge in [-0.15, -0.1) is 9.12 Å². The number of hydrogen-bond acceptors (Lipinski definition) is 1. The number of halogens is 1. The Bertz CT molecular complexity index is 428. The highest BCUT2D eigenvalue weighted by molar-refractivity contribution is 5.80. The van der Waals surface area contributed by atoms with E-state index in [0.29, 0.717) is 5.39 Å². The van der Waals surface area contributed by atoms with E-state index in [1.54, 1.807) is 30.3 Å². The van der Waals surface area contributed by atoms with E-state index in [4.69, 9.17) is 0 Å². The van der Waals surface area contributed by atoms with Crippen LogP contribution in [0.15, 0.2) is 36.5 Å². The molecule has 0 fully saturated rings. The minimum Gasteiger partial charge on any atom is -0.617 e. The van der Waals surface area contributed by atoms with Crippen LogP contribution in [0.25, 0.3) is 10.8 Å². The Morgan fingerprint density at radius 3 is 2.75 bits per heavy atom. The van der Waals surface area contributed by atoms with Crippen molar-refractivity contribution in [2.24, 2.45) is 0 Å². The van der Waals surface area contributed by atoms with Gasteiger partial charge in [-0.2, -0.15) is 0 Å². The van der Waals surface area contributed by atoms with Crippen molar-refractivity contribution in [1.82, 2.24) is 0 Å². The molecule has 0 saturated carbocycles. The quantitative estimate of drug-likeness (QED) is 0.329. The lowest BCUT2D eigenvalue weighted by molar-refractivity contribution is -0.635. The zero-order chi connectivity index (χ0) is 8.55. The van der Waals surface area contributed by atoms with Crippen molar-refractivity contribution in [3.63, 3.8) is 0 Å². The van der Waals surface area contributed by atoms with Crippen molar-refractivity contribution >= 4 is 10.8 Å². The van der Waals surface area contributed by atoms with E-state index in [0.717, 1.165) is 11.6 Å². The van der Waals surface area contributed by atoms with Gasteiger partial charge in [0.2, 0.25) is 0 Å². The first-order chi connectivity index (χ1) is 5.79. The van der Waals surface area contributed by atoms with Crippen LogP contribution in [0.5, 0.6) is 0 Å². The largest absolute Gasteiger partial charge is 0.617 e. The monoisotopic (exact) mass is 163 g/mol. The highest BCUT2D eigenvalue weighted by atomic mass is 19.1. The van der Waals surface area contributed by atoms with Crippen molar-refractivity contribution in [2.45, 2.75) is 0 Å². The molecule has 0 aliphatic carbocycles. The first-order valence-electron chi connectivity index (χ1n) is 3.55. The molecule has 0 spiro atoms. The fourth-order valence-corrected chi connectivity index (χ4v) is 1.16. The zero-order valence-corrected chi connectivity index (χ0v) is 6.20. The third-order valence-corrected chi connectivity index (χ3v) is 1.77. The van der Waals surface area contributed by atoms with Gasteiger partial charge >= 0.3 is 5.95 Å². The second-order valence-electron chi connectivity index (χ2n) is 2.52. The molecule has 1 heterocycles. The van der Waals surface area contributed by atoms with Crippen LogP contribution in [0.4, 0.5) is 4.39 Å². The van der Waals surface area contributed by atoms with Gasteiger partial charge in [-0.05, 0) is 11.5 Å². The van der Waals surface area contributed by atoms with Gasteiger partial charge in [0.15, 0.2) is 6.20 Å². The number of aromatic nitrogens is 1. The molecule has 2 aromatic rings. The molecule has 0 radical (unpaired) electrons. The molecular formula is C9H6FNO. The summed E-state index contributed by atoms with van der Waals surface area (Å²) < 4.78 is 13.3. The molecule has 0 N–H and O–H groups in total. The van der Waals surface area contributed by atoms with Crippen molar-refractivity contribution in [3.8, 4) is 0 Å². The van der Waals surface area contributed by atoms with Crippen LogP contribution in [-0.4, -0.2) is 0 Å². The van der Waals surface area contributed by atoms with E-state index in [9.17, 15) is 9.60 Å². The predicted octanol–water partition coefficient (Wildman–Crippen LogP) is 1.61. The van der Waals surface area contributed by atoms with E-state index in [1.165, 1.54) is 0 Å². The van der Waals surface area contributed by atoms with Crippen molar-refractivity contribution in [2.75, 3.05) is 0 Å². The molecule has 1 aromatic heterocycles. The summed E-state index contributed by atoms with van der Waals surface area (Å²) in [5, 5.41) is 11.9. The molecule has 0 saturated heterocycles. The van der Waals surface area contributed by atoms with Gasteiger partial charge in [0.25, 0.3) is 0 Å². The molecule has 3 heteroatoms. The van der Waals surface area contributed by atoms with E-state index in [-0.39, 0.29) is 4.73 Å². The Kier molecular flexibility index (Phi) is 1.43. The minimum atomic E-state index is -0.742. The molecule has 0 aliphatic heterocycles. The maximum absolute atomic E-state index is 13.0. The van der Waals surface area contributed by atoms with Crippen LogP contribution in [0.2, 0.25) is 0 Å². The number of rotatable bonds is 0. The van der Waals surface area contributed by atoms with Crippen LogP contribution >= 0.6 is 0 Å². The molecule has 0 unspecified atom stereocenters. The van der Waals surface area contributed by atoms with Crippen LogP contribution in [0.1, 0.15) is 0 Å². The lowest BCUT2D eigenvalue weighted by Crippen LogP contribution is -2.30. The molecule has 12 heavy (non-hydrogen) atoms.